The fourth-order valence-corrected chi connectivity index (χ4v) is 0. The van der Waals surface area contributed by atoms with Crippen LogP contribution in [0.2, 0.25) is 0 Å². The average Bonchev–Trinajstić information content (AvgIpc) is 2.78. The molecule has 0 bridgehead atoms. The van der Waals surface area contributed by atoms with Crippen LogP contribution in [-0.2, 0) is 66.9 Å². The monoisotopic (exact) mass is 1370 g/mol. The molecular formula is H35K5O45Si15. The fraction of sp³-hybridized carbons (Fsp3) is 0. The molecule has 30 N–H and O–H groups in total. The van der Waals surface area contributed by atoms with Crippen molar-refractivity contribution in [2.45, 2.75) is 0 Å². The molecule has 0 spiro atoms. The first-order valence-corrected chi connectivity index (χ1v) is 29.3. The molecule has 0 aliphatic rings. The Bertz CT molecular complexity index is 771. The third kappa shape index (κ3) is 46500. The van der Waals surface area contributed by atoms with E-state index in [1.807, 2.05) is 0 Å². The van der Waals surface area contributed by atoms with Crippen LogP contribution in [-0.4, -0.2) is 538 Å². The first kappa shape index (κ1) is 132. The van der Waals surface area contributed by atoms with Gasteiger partial charge in [-0.3, -0.25) is 66.9 Å². The van der Waals surface area contributed by atoms with Crippen LogP contribution in [0.5, 0.6) is 0 Å². The molecule has 0 aromatic carbocycles. The zero-order valence-electron chi connectivity index (χ0n) is 27.0. The molecular weight excluding hydrogens is 1340 g/mol. The van der Waals surface area contributed by atoms with E-state index in [9.17, 15) is 0 Å². The normalized spacial score (nSPS) is 5.54. The van der Waals surface area contributed by atoms with Gasteiger partial charge in [0.25, 0.3) is 0 Å². The van der Waals surface area contributed by atoms with Crippen LogP contribution < -0.4 is 0 Å². The van der Waals surface area contributed by atoms with Gasteiger partial charge in [0.1, 0.15) is 0 Å². The van der Waals surface area contributed by atoms with Gasteiger partial charge in [-0.15, -0.1) is 0 Å². The van der Waals surface area contributed by atoms with Crippen LogP contribution in [0.25, 0.3) is 0 Å². The number of rotatable bonds is 0. The molecule has 0 heterocycles. The van der Waals surface area contributed by atoms with E-state index >= 15 is 0 Å². The Balaban J connectivity index is -0.0000000184. The second-order valence-corrected chi connectivity index (χ2v) is 12.7. The van der Waals surface area contributed by atoms with E-state index in [2.05, 4.69) is 0 Å². The van der Waals surface area contributed by atoms with E-state index in [1.54, 1.807) is 0 Å². The van der Waals surface area contributed by atoms with Gasteiger partial charge in [-0.2, -0.15) is 0 Å². The van der Waals surface area contributed by atoms with Crippen molar-refractivity contribution >= 4 is 394 Å². The molecule has 65 heteroatoms. The van der Waals surface area contributed by atoms with Crippen molar-refractivity contribution in [2.75, 3.05) is 0 Å². The van der Waals surface area contributed by atoms with Gasteiger partial charge in [-0.05, 0) is 0 Å². The molecule has 0 fully saturated rings. The van der Waals surface area contributed by atoms with Crippen molar-refractivity contribution in [3.8, 4) is 0 Å². The maximum absolute atomic E-state index is 8.74. The van der Waals surface area contributed by atoms with Crippen LogP contribution in [0.4, 0.5) is 0 Å². The SMILES string of the molecule is O=[Si](O)O.O=[Si](O)O.O=[Si](O)O.O=[Si](O)O.O=[Si](O)O.O=[Si](O)O.O=[Si](O)O.O=[Si](O)O.O=[Si](O)O.O=[Si](O)O.O=[Si](O)O.O=[Si](O)O.O=[Si](O)O.O=[Si](O)O.O=[Si](O)O.[KH].[KH].[KH].[KH].[KH]. The molecule has 0 rings (SSSR count). The van der Waals surface area contributed by atoms with Crippen molar-refractivity contribution in [3.63, 3.8) is 0 Å². The standard InChI is InChI=1S/5K.15H2O3Si.5H/c;;;;;15*1-4(2)3;;;;;/h;;;;;15*1-2H;;;;;. The van der Waals surface area contributed by atoms with Crippen molar-refractivity contribution in [2.24, 2.45) is 0 Å². The third-order valence-corrected chi connectivity index (χ3v) is 0. The van der Waals surface area contributed by atoms with E-state index in [-0.39, 0.29) is 257 Å². The quantitative estimate of drug-likeness (QED) is 0.100. The molecule has 0 aliphatic carbocycles. The molecule has 0 unspecified atom stereocenters. The van der Waals surface area contributed by atoms with Gasteiger partial charge in [0.15, 0.2) is 0 Å². The van der Waals surface area contributed by atoms with Crippen molar-refractivity contribution in [1.29, 1.82) is 0 Å². The van der Waals surface area contributed by atoms with Crippen molar-refractivity contribution in [1.82, 2.24) is 0 Å². The molecule has 370 valence electrons. The summed E-state index contributed by atoms with van der Waals surface area (Å²) in [5, 5.41) is 0. The number of hydrogen-bond donors (Lipinski definition) is 30. The van der Waals surface area contributed by atoms with E-state index in [0.717, 1.165) is 0 Å². The van der Waals surface area contributed by atoms with Crippen LogP contribution >= 0.6 is 0 Å². The summed E-state index contributed by atoms with van der Waals surface area (Å²) in [6.07, 6.45) is 0. The van der Waals surface area contributed by atoms with Gasteiger partial charge in [-0.25, -0.2) is 0 Å². The fourth-order valence-electron chi connectivity index (χ4n) is 0. The summed E-state index contributed by atoms with van der Waals surface area (Å²) < 4.78 is 131. The Morgan fingerprint density at radius 1 is 0.108 bits per heavy atom. The van der Waals surface area contributed by atoms with Crippen molar-refractivity contribution in [3.05, 3.63) is 0 Å². The van der Waals surface area contributed by atoms with E-state index in [1.165, 1.54) is 0 Å². The second-order valence-electron chi connectivity index (χ2n) is 4.24. The second kappa shape index (κ2) is 126. The summed E-state index contributed by atoms with van der Waals surface area (Å²) in [6.45, 7) is 0. The Labute approximate surface area is 592 Å². The molecule has 45 nitrogen and oxygen atoms in total. The maximum atomic E-state index is 8.74. The van der Waals surface area contributed by atoms with Gasteiger partial charge in [0.2, 0.25) is 0 Å². The van der Waals surface area contributed by atoms with E-state index < -0.39 is 138 Å². The van der Waals surface area contributed by atoms with E-state index in [0.29, 0.717) is 0 Å². The summed E-state index contributed by atoms with van der Waals surface area (Å²) in [5.74, 6) is 0. The van der Waals surface area contributed by atoms with E-state index in [4.69, 9.17) is 211 Å². The molecule has 0 atom stereocenters. The molecule has 0 amide bonds. The third-order valence-electron chi connectivity index (χ3n) is 0. The average molecular weight is 1370 g/mol. The minimum absolute atomic E-state index is 0. The topological polar surface area (TPSA) is 863 Å². The molecule has 0 saturated heterocycles. The summed E-state index contributed by atoms with van der Waals surface area (Å²) >= 11 is 0. The van der Waals surface area contributed by atoms with Crippen LogP contribution in [0.15, 0.2) is 0 Å². The molecule has 0 aliphatic heterocycles. The Kier molecular flexibility index (Phi) is 257. The summed E-state index contributed by atoms with van der Waals surface area (Å²) in [6, 6.07) is 0. The number of hydrogen-bond acceptors (Lipinski definition) is 15. The summed E-state index contributed by atoms with van der Waals surface area (Å²) in [4.78, 5) is 215. The first-order valence-electron chi connectivity index (χ1n) is 9.77. The Hall–Kier alpha value is 2.44. The van der Waals surface area contributed by atoms with Gasteiger partial charge in [0, 0.05) is 0 Å². The Morgan fingerprint density at radius 3 is 0.108 bits per heavy atom. The molecule has 0 saturated carbocycles. The van der Waals surface area contributed by atoms with Crippen molar-refractivity contribution < 1.29 is 211 Å². The van der Waals surface area contributed by atoms with Crippen LogP contribution in [0.1, 0.15) is 0 Å². The molecule has 0 aromatic rings. The Morgan fingerprint density at radius 2 is 0.108 bits per heavy atom. The zero-order valence-corrected chi connectivity index (χ0v) is 42.0. The summed E-state index contributed by atoms with van der Waals surface area (Å²) in [5.41, 5.74) is 0. The minimum atomic E-state index is -3.13. The summed E-state index contributed by atoms with van der Waals surface area (Å²) in [7, 11) is -46.9. The van der Waals surface area contributed by atoms with Gasteiger partial charge in [0.05, 0.1) is 0 Å². The molecule has 0 radical (unpaired) electrons. The van der Waals surface area contributed by atoms with Gasteiger partial charge < -0.3 is 144 Å². The molecule has 65 heavy (non-hydrogen) atoms. The van der Waals surface area contributed by atoms with Gasteiger partial charge >= 0.3 is 394 Å². The van der Waals surface area contributed by atoms with Crippen LogP contribution in [0.3, 0.4) is 0 Å². The first-order chi connectivity index (χ1) is 26.0. The predicted octanol–water partition coefficient (Wildman–Crippen LogP) is -27.4. The van der Waals surface area contributed by atoms with Gasteiger partial charge in [-0.1, -0.05) is 0 Å². The van der Waals surface area contributed by atoms with Crippen LogP contribution in [0, 0.1) is 0 Å². The predicted molar refractivity (Wildman–Crippen MR) is 199 cm³/mol. The zero-order chi connectivity index (χ0) is 53.7. The molecule has 0 aromatic heterocycles.